The molecule has 4 aromatic rings. The van der Waals surface area contributed by atoms with Crippen molar-refractivity contribution in [2.75, 3.05) is 0 Å². The van der Waals surface area contributed by atoms with Gasteiger partial charge in [-0.25, -0.2) is 13.8 Å². The molecular formula is C26H23F2N5O2. The van der Waals surface area contributed by atoms with E-state index in [4.69, 9.17) is 15.5 Å². The van der Waals surface area contributed by atoms with Crippen molar-refractivity contribution < 1.29 is 18.6 Å². The molecule has 1 saturated carbocycles. The van der Waals surface area contributed by atoms with E-state index in [2.05, 4.69) is 10.2 Å². The lowest BCUT2D eigenvalue weighted by Gasteiger charge is -2.49. The summed E-state index contributed by atoms with van der Waals surface area (Å²) in [7, 11) is 0. The van der Waals surface area contributed by atoms with Gasteiger partial charge < -0.3 is 15.6 Å². The number of aromatic nitrogens is 4. The predicted octanol–water partition coefficient (Wildman–Crippen LogP) is 4.53. The molecule has 0 atom stereocenters. The van der Waals surface area contributed by atoms with E-state index in [0.717, 1.165) is 22.3 Å². The molecule has 0 radical (unpaired) electrons. The Hall–Kier alpha value is -3.69. The van der Waals surface area contributed by atoms with E-state index in [1.54, 1.807) is 13.0 Å². The molecule has 3 heterocycles. The highest BCUT2D eigenvalue weighted by Gasteiger charge is 2.49. The molecule has 0 bridgehead atoms. The number of aliphatic hydroxyl groups is 1. The number of hydrogen-bond donors (Lipinski definition) is 2. The van der Waals surface area contributed by atoms with Crippen LogP contribution in [0.1, 0.15) is 43.4 Å². The molecule has 0 unspecified atom stereocenters. The van der Waals surface area contributed by atoms with E-state index in [-0.39, 0.29) is 12.5 Å². The molecule has 9 heteroatoms. The number of nitrogens with zero attached hydrogens (tertiary/aromatic N) is 4. The molecule has 2 aliphatic rings. The first-order chi connectivity index (χ1) is 16.7. The highest BCUT2D eigenvalue weighted by molar-refractivity contribution is 5.83. The van der Waals surface area contributed by atoms with Gasteiger partial charge >= 0.3 is 0 Å². The second-order valence-electron chi connectivity index (χ2n) is 9.56. The van der Waals surface area contributed by atoms with Gasteiger partial charge in [0.1, 0.15) is 5.69 Å². The topological polar surface area (TPSA) is 99.1 Å². The highest BCUT2D eigenvalue weighted by Crippen LogP contribution is 2.47. The summed E-state index contributed by atoms with van der Waals surface area (Å²) < 4.78 is 34.4. The lowest BCUT2D eigenvalue weighted by atomic mass is 9.63. The second-order valence-corrected chi connectivity index (χ2v) is 9.56. The standard InChI is InChI=1S/C26H23F2N5O2/c1-25(34)13-26(29,14-25)17-9-7-16(8-10-17)21-18(15-5-3-2-4-6-15)11-19-24(30-21)35-12-20-31-32-23(22(27)28)33(19)20/h2-11,22,34H,12-14,29H2,1H3/t25-,26+. The van der Waals surface area contributed by atoms with E-state index < -0.39 is 23.4 Å². The third-order valence-electron chi connectivity index (χ3n) is 6.71. The minimum Gasteiger partial charge on any atom is -0.468 e. The molecule has 1 aliphatic heterocycles. The Labute approximate surface area is 200 Å². The first kappa shape index (κ1) is 21.8. The van der Waals surface area contributed by atoms with Crippen LogP contribution in [-0.2, 0) is 12.1 Å². The van der Waals surface area contributed by atoms with Crippen molar-refractivity contribution >= 4 is 0 Å². The Balaban J connectivity index is 1.48. The van der Waals surface area contributed by atoms with Crippen LogP contribution in [-0.4, -0.2) is 30.5 Å². The van der Waals surface area contributed by atoms with Crippen molar-refractivity contribution in [3.8, 4) is 34.0 Å². The van der Waals surface area contributed by atoms with E-state index in [1.807, 2.05) is 54.6 Å². The predicted molar refractivity (Wildman–Crippen MR) is 125 cm³/mol. The number of benzene rings is 2. The van der Waals surface area contributed by atoms with Crippen molar-refractivity contribution in [2.24, 2.45) is 5.73 Å². The third kappa shape index (κ3) is 3.59. The fourth-order valence-corrected chi connectivity index (χ4v) is 5.24. The number of pyridine rings is 1. The third-order valence-corrected chi connectivity index (χ3v) is 6.71. The molecule has 0 saturated heterocycles. The van der Waals surface area contributed by atoms with Gasteiger partial charge in [0.2, 0.25) is 11.7 Å². The average Bonchev–Trinajstić information content (AvgIpc) is 3.28. The number of nitrogens with two attached hydrogens (primary N) is 1. The highest BCUT2D eigenvalue weighted by atomic mass is 19.3. The molecule has 2 aromatic heterocycles. The molecule has 35 heavy (non-hydrogen) atoms. The van der Waals surface area contributed by atoms with Crippen LogP contribution in [0.15, 0.2) is 60.7 Å². The van der Waals surface area contributed by atoms with Crippen LogP contribution in [0.4, 0.5) is 8.78 Å². The molecule has 1 fully saturated rings. The van der Waals surface area contributed by atoms with Crippen molar-refractivity contribution in [2.45, 2.75) is 43.9 Å². The van der Waals surface area contributed by atoms with Gasteiger partial charge in [0, 0.05) is 16.7 Å². The van der Waals surface area contributed by atoms with Crippen molar-refractivity contribution in [1.29, 1.82) is 0 Å². The summed E-state index contributed by atoms with van der Waals surface area (Å²) in [5.41, 5.74) is 9.64. The van der Waals surface area contributed by atoms with E-state index in [0.29, 0.717) is 30.0 Å². The molecule has 6 rings (SSSR count). The first-order valence-corrected chi connectivity index (χ1v) is 11.3. The van der Waals surface area contributed by atoms with Crippen molar-refractivity contribution in [3.63, 3.8) is 0 Å². The quantitative estimate of drug-likeness (QED) is 0.450. The number of ether oxygens (including phenoxy) is 1. The Morgan fingerprint density at radius 2 is 1.74 bits per heavy atom. The second kappa shape index (κ2) is 7.66. The van der Waals surface area contributed by atoms with E-state index in [9.17, 15) is 13.9 Å². The monoisotopic (exact) mass is 475 g/mol. The number of fused-ring (bicyclic) bond motifs is 3. The van der Waals surface area contributed by atoms with Crippen LogP contribution < -0.4 is 10.5 Å². The number of alkyl halides is 2. The summed E-state index contributed by atoms with van der Waals surface area (Å²) in [6.07, 6.45) is -1.80. The van der Waals surface area contributed by atoms with Gasteiger partial charge in [-0.15, -0.1) is 10.2 Å². The summed E-state index contributed by atoms with van der Waals surface area (Å²) in [5.74, 6) is 0.103. The van der Waals surface area contributed by atoms with Gasteiger partial charge in [-0.05, 0) is 37.0 Å². The number of halogens is 2. The van der Waals surface area contributed by atoms with Gasteiger partial charge in [-0.3, -0.25) is 4.57 Å². The molecule has 3 N–H and O–H groups in total. The molecule has 0 amide bonds. The maximum absolute atomic E-state index is 13.7. The smallest absolute Gasteiger partial charge is 0.297 e. The Bertz CT molecular complexity index is 1410. The zero-order valence-electron chi connectivity index (χ0n) is 18.9. The molecule has 2 aromatic carbocycles. The summed E-state index contributed by atoms with van der Waals surface area (Å²) >= 11 is 0. The van der Waals surface area contributed by atoms with Crippen LogP contribution >= 0.6 is 0 Å². The SMILES string of the molecule is C[C@]1(O)C[C@](N)(c2ccc(-c3nc4c(cc3-c3ccccc3)-n3c(nnc3C(F)F)CO4)cc2)C1. The fourth-order valence-electron chi connectivity index (χ4n) is 5.24. The van der Waals surface area contributed by atoms with Crippen molar-refractivity contribution in [3.05, 3.63) is 77.9 Å². The number of hydrogen-bond acceptors (Lipinski definition) is 6. The summed E-state index contributed by atoms with van der Waals surface area (Å²) in [6.45, 7) is 1.79. The molecule has 1 aliphatic carbocycles. The minimum atomic E-state index is -2.79. The van der Waals surface area contributed by atoms with Crippen LogP contribution in [0.25, 0.3) is 28.1 Å². The van der Waals surface area contributed by atoms with E-state index >= 15 is 0 Å². The molecule has 0 spiro atoms. The maximum Gasteiger partial charge on any atom is 0.297 e. The maximum atomic E-state index is 13.7. The first-order valence-electron chi connectivity index (χ1n) is 11.3. The Kier molecular flexibility index (Phi) is 4.77. The average molecular weight is 475 g/mol. The molecule has 7 nitrogen and oxygen atoms in total. The van der Waals surface area contributed by atoms with Crippen LogP contribution in [0.3, 0.4) is 0 Å². The summed E-state index contributed by atoms with van der Waals surface area (Å²) in [5, 5.41) is 17.7. The summed E-state index contributed by atoms with van der Waals surface area (Å²) in [4.78, 5) is 4.77. The zero-order chi connectivity index (χ0) is 24.4. The van der Waals surface area contributed by atoms with E-state index in [1.165, 1.54) is 4.57 Å². The molecule has 178 valence electrons. The Morgan fingerprint density at radius 3 is 2.40 bits per heavy atom. The molecular weight excluding hydrogens is 452 g/mol. The number of rotatable bonds is 4. The lowest BCUT2D eigenvalue weighted by molar-refractivity contribution is -0.0738. The van der Waals surface area contributed by atoms with Gasteiger partial charge in [0.15, 0.2) is 12.4 Å². The van der Waals surface area contributed by atoms with Crippen LogP contribution in [0.5, 0.6) is 5.88 Å². The van der Waals surface area contributed by atoms with Gasteiger partial charge in [0.25, 0.3) is 6.43 Å². The minimum absolute atomic E-state index is 0.00158. The van der Waals surface area contributed by atoms with Crippen LogP contribution in [0, 0.1) is 0 Å². The zero-order valence-corrected chi connectivity index (χ0v) is 18.9. The van der Waals surface area contributed by atoms with Gasteiger partial charge in [-0.1, -0.05) is 54.6 Å². The largest absolute Gasteiger partial charge is 0.468 e. The summed E-state index contributed by atoms with van der Waals surface area (Å²) in [6, 6.07) is 19.2. The van der Waals surface area contributed by atoms with Gasteiger partial charge in [0.05, 0.1) is 11.3 Å². The van der Waals surface area contributed by atoms with Gasteiger partial charge in [-0.2, -0.15) is 0 Å². The fraction of sp³-hybridized carbons (Fsp3) is 0.269. The normalized spacial score (nSPS) is 22.8. The van der Waals surface area contributed by atoms with Crippen LogP contribution in [0.2, 0.25) is 0 Å². The lowest BCUT2D eigenvalue weighted by Crippen LogP contribution is -2.58. The van der Waals surface area contributed by atoms with Crippen molar-refractivity contribution in [1.82, 2.24) is 19.7 Å². The Morgan fingerprint density at radius 1 is 1.03 bits per heavy atom.